The minimum absolute atomic E-state index is 0.00594. The lowest BCUT2D eigenvalue weighted by molar-refractivity contribution is -0.253. The molecule has 5 aromatic carbocycles. The number of carbonyl (C=O) groups excluding carboxylic acids is 1. The highest BCUT2D eigenvalue weighted by Crippen LogP contribution is 2.39. The van der Waals surface area contributed by atoms with E-state index in [2.05, 4.69) is 27.1 Å². The van der Waals surface area contributed by atoms with Crippen molar-refractivity contribution < 1.29 is 32.5 Å². The molecule has 2 aliphatic heterocycles. The Morgan fingerprint density at radius 3 is 2.29 bits per heavy atom. The van der Waals surface area contributed by atoms with Gasteiger partial charge in [0.05, 0.1) is 30.3 Å². The Labute approximate surface area is 342 Å². The number of methoxy groups -OCH3 is 1. The first kappa shape index (κ1) is 41.4. The van der Waals surface area contributed by atoms with Gasteiger partial charge >= 0.3 is 0 Å². The van der Waals surface area contributed by atoms with Crippen molar-refractivity contribution in [3.63, 3.8) is 0 Å². The fourth-order valence-corrected chi connectivity index (χ4v) is 9.02. The number of sulfonamides is 1. The van der Waals surface area contributed by atoms with E-state index < -0.39 is 28.3 Å². The predicted octanol–water partition coefficient (Wildman–Crippen LogP) is 7.02. The largest absolute Gasteiger partial charge is 0.392 e. The number of hydrogen-bond donors (Lipinski definition) is 3. The summed E-state index contributed by atoms with van der Waals surface area (Å²) in [4.78, 5) is 16.2. The molecular formula is C47H53N3O7S. The summed E-state index contributed by atoms with van der Waals surface area (Å²) in [6.07, 6.45) is 2.40. The van der Waals surface area contributed by atoms with Crippen LogP contribution in [0.1, 0.15) is 65.0 Å². The van der Waals surface area contributed by atoms with Crippen LogP contribution >= 0.6 is 0 Å². The number of rotatable bonds is 16. The highest BCUT2D eigenvalue weighted by molar-refractivity contribution is 7.89. The maximum Gasteiger partial charge on any atom is 0.241 e. The van der Waals surface area contributed by atoms with Gasteiger partial charge < -0.3 is 24.6 Å². The van der Waals surface area contributed by atoms with Crippen LogP contribution in [0.3, 0.4) is 0 Å². The lowest BCUT2D eigenvalue weighted by Gasteiger charge is -2.38. The third kappa shape index (κ3) is 10.7. The van der Waals surface area contributed by atoms with Gasteiger partial charge in [-0.3, -0.25) is 9.69 Å². The molecular weight excluding hydrogens is 751 g/mol. The Kier molecular flexibility index (Phi) is 13.8. The van der Waals surface area contributed by atoms with E-state index in [-0.39, 0.29) is 36.7 Å². The number of nitrogens with zero attached hydrogens (tertiary/aromatic N) is 1. The van der Waals surface area contributed by atoms with Gasteiger partial charge in [-0.2, -0.15) is 4.72 Å². The van der Waals surface area contributed by atoms with E-state index in [9.17, 15) is 18.3 Å². The number of likely N-dealkylation sites (tertiary alicyclic amines) is 1. The second-order valence-corrected chi connectivity index (χ2v) is 17.0. The van der Waals surface area contributed by atoms with Gasteiger partial charge in [0.15, 0.2) is 6.29 Å². The number of aliphatic hydroxyl groups is 1. The average Bonchev–Trinajstić information content (AvgIpc) is 3.69. The van der Waals surface area contributed by atoms with Crippen LogP contribution < -0.4 is 10.0 Å². The zero-order chi connectivity index (χ0) is 40.5. The molecule has 1 amide bonds. The van der Waals surface area contributed by atoms with Gasteiger partial charge in [-0.05, 0) is 84.3 Å². The average molecular weight is 804 g/mol. The molecule has 0 radical (unpaired) electrons. The molecule has 11 heteroatoms. The molecule has 5 atom stereocenters. The highest BCUT2D eigenvalue weighted by Gasteiger charge is 2.35. The SMILES string of the molecule is COC[C@@H]1CCCN1C[C@H]1C[C@@H](c2ccc(CO)cc2)O[C@@H](c2ccc(-c3cccc(CNC(=O)[C@@H](Cc4ccccc4)NS(=O)(=O)c4ccc(C)cc4)c3)cc2)O1. The number of carbonyl (C=O) groups is 1. The van der Waals surface area contributed by atoms with Crippen molar-refractivity contribution >= 4 is 15.9 Å². The van der Waals surface area contributed by atoms with E-state index in [0.29, 0.717) is 12.6 Å². The van der Waals surface area contributed by atoms with Gasteiger partial charge in [0, 0.05) is 38.2 Å². The molecule has 304 valence electrons. The Bertz CT molecular complexity index is 2200. The molecule has 0 bridgehead atoms. The van der Waals surface area contributed by atoms with Crippen molar-refractivity contribution in [2.45, 2.75) is 81.2 Å². The molecule has 7 rings (SSSR count). The summed E-state index contributed by atoms with van der Waals surface area (Å²) in [6, 6.07) is 39.4. The van der Waals surface area contributed by atoms with E-state index in [1.807, 2.05) is 97.9 Å². The van der Waals surface area contributed by atoms with Crippen molar-refractivity contribution in [1.29, 1.82) is 0 Å². The second-order valence-electron chi connectivity index (χ2n) is 15.3. The van der Waals surface area contributed by atoms with Crippen molar-refractivity contribution in [3.8, 4) is 11.1 Å². The van der Waals surface area contributed by atoms with E-state index in [1.165, 1.54) is 0 Å². The fourth-order valence-electron chi connectivity index (χ4n) is 7.83. The summed E-state index contributed by atoms with van der Waals surface area (Å²) in [6.45, 7) is 4.63. The Morgan fingerprint density at radius 1 is 0.845 bits per heavy atom. The number of nitrogens with one attached hydrogen (secondary N) is 2. The van der Waals surface area contributed by atoms with Crippen molar-refractivity contribution in [3.05, 3.63) is 161 Å². The molecule has 0 aromatic heterocycles. The lowest BCUT2D eigenvalue weighted by atomic mass is 9.98. The summed E-state index contributed by atoms with van der Waals surface area (Å²) in [5, 5.41) is 12.6. The monoisotopic (exact) mass is 803 g/mol. The van der Waals surface area contributed by atoms with Crippen LogP contribution in [0.25, 0.3) is 11.1 Å². The summed E-state index contributed by atoms with van der Waals surface area (Å²) < 4.78 is 48.2. The van der Waals surface area contributed by atoms with Gasteiger partial charge in [0.1, 0.15) is 6.04 Å². The minimum atomic E-state index is -3.96. The summed E-state index contributed by atoms with van der Waals surface area (Å²) in [5.74, 6) is -0.415. The zero-order valence-corrected chi connectivity index (χ0v) is 33.9. The van der Waals surface area contributed by atoms with E-state index >= 15 is 0 Å². The molecule has 2 fully saturated rings. The molecule has 0 saturated carbocycles. The molecule has 0 aliphatic carbocycles. The smallest absolute Gasteiger partial charge is 0.241 e. The Balaban J connectivity index is 1.04. The summed E-state index contributed by atoms with van der Waals surface area (Å²) in [5.41, 5.74) is 7.46. The van der Waals surface area contributed by atoms with Crippen LogP contribution in [0.15, 0.2) is 132 Å². The Hall–Kier alpha value is -4.72. The fraction of sp³-hybridized carbons (Fsp3) is 0.340. The minimum Gasteiger partial charge on any atom is -0.392 e. The number of benzene rings is 5. The number of ether oxygens (including phenoxy) is 3. The number of amides is 1. The maximum atomic E-state index is 13.7. The van der Waals surface area contributed by atoms with Crippen LogP contribution in [0.5, 0.6) is 0 Å². The molecule has 2 heterocycles. The third-order valence-electron chi connectivity index (χ3n) is 11.0. The summed E-state index contributed by atoms with van der Waals surface area (Å²) >= 11 is 0. The van der Waals surface area contributed by atoms with E-state index in [1.54, 1.807) is 31.4 Å². The second kappa shape index (κ2) is 19.4. The van der Waals surface area contributed by atoms with Crippen LogP contribution in [0, 0.1) is 6.92 Å². The third-order valence-corrected chi connectivity index (χ3v) is 12.5. The first-order chi connectivity index (χ1) is 28.2. The van der Waals surface area contributed by atoms with Gasteiger partial charge in [0.2, 0.25) is 15.9 Å². The molecule has 5 aromatic rings. The molecule has 2 aliphatic rings. The van der Waals surface area contributed by atoms with Gasteiger partial charge in [-0.15, -0.1) is 0 Å². The van der Waals surface area contributed by atoms with Crippen LogP contribution in [0.2, 0.25) is 0 Å². The lowest BCUT2D eigenvalue weighted by Crippen LogP contribution is -2.47. The predicted molar refractivity (Wildman–Crippen MR) is 224 cm³/mol. The van der Waals surface area contributed by atoms with E-state index in [4.69, 9.17) is 14.2 Å². The number of aryl methyl sites for hydroxylation is 1. The summed E-state index contributed by atoms with van der Waals surface area (Å²) in [7, 11) is -2.20. The van der Waals surface area contributed by atoms with Gasteiger partial charge in [-0.1, -0.05) is 115 Å². The van der Waals surface area contributed by atoms with E-state index in [0.717, 1.165) is 76.9 Å². The molecule has 0 spiro atoms. The number of aliphatic hydroxyl groups excluding tert-OH is 1. The molecule has 58 heavy (non-hydrogen) atoms. The van der Waals surface area contributed by atoms with Gasteiger partial charge in [-0.25, -0.2) is 8.42 Å². The van der Waals surface area contributed by atoms with Crippen molar-refractivity contribution in [1.82, 2.24) is 14.9 Å². The first-order valence-electron chi connectivity index (χ1n) is 20.0. The standard InChI is InChI=1S/C47H53N3O7S/c1-33-13-23-43(24-14-33)58(53,54)49-44(27-34-8-4-3-5-9-34)46(52)48-29-36-10-6-11-40(26-36)37-19-21-39(22-20-37)47-56-42(30-50-25-7-12-41(50)32-55-2)28-45(57-47)38-17-15-35(31-51)16-18-38/h3-6,8-11,13-24,26,41-42,44-45,47,49,51H,7,12,25,27-32H2,1-2H3,(H,48,52)/t41-,42+,44+,45-,47-/m0/s1. The number of hydrogen-bond acceptors (Lipinski definition) is 8. The molecule has 3 N–H and O–H groups in total. The topological polar surface area (TPSA) is 126 Å². The molecule has 2 saturated heterocycles. The molecule has 10 nitrogen and oxygen atoms in total. The Morgan fingerprint density at radius 2 is 1.57 bits per heavy atom. The van der Waals surface area contributed by atoms with Crippen LogP contribution in [-0.4, -0.2) is 69.3 Å². The van der Waals surface area contributed by atoms with Crippen molar-refractivity contribution in [2.24, 2.45) is 0 Å². The highest BCUT2D eigenvalue weighted by atomic mass is 32.2. The normalized spacial score (nSPS) is 20.5. The maximum absolute atomic E-state index is 13.7. The van der Waals surface area contributed by atoms with Crippen molar-refractivity contribution in [2.75, 3.05) is 26.8 Å². The zero-order valence-electron chi connectivity index (χ0n) is 33.1. The molecule has 0 unspecified atom stereocenters. The first-order valence-corrected chi connectivity index (χ1v) is 21.5. The van der Waals surface area contributed by atoms with Gasteiger partial charge in [0.25, 0.3) is 0 Å². The van der Waals surface area contributed by atoms with Crippen LogP contribution in [-0.2, 0) is 48.6 Å². The van der Waals surface area contributed by atoms with Crippen LogP contribution in [0.4, 0.5) is 0 Å². The quantitative estimate of drug-likeness (QED) is 0.0973.